The van der Waals surface area contributed by atoms with Gasteiger partial charge in [0.2, 0.25) is 0 Å². The van der Waals surface area contributed by atoms with Crippen molar-refractivity contribution in [2.45, 2.75) is 24.5 Å². The summed E-state index contributed by atoms with van der Waals surface area (Å²) in [4.78, 5) is 48.2. The molecule has 21 heteroatoms. The lowest BCUT2D eigenvalue weighted by atomic mass is 10.1. The number of rotatable bonds is 8. The predicted octanol–water partition coefficient (Wildman–Crippen LogP) is -1.51. The summed E-state index contributed by atoms with van der Waals surface area (Å²) < 4.78 is 42.1. The predicted molar refractivity (Wildman–Crippen MR) is 102 cm³/mol. The number of hydrogen-bond donors (Lipinski definition) is 7. The first kappa shape index (κ1) is 24.7. The van der Waals surface area contributed by atoms with Gasteiger partial charge in [-0.25, -0.2) is 28.4 Å². The molecule has 8 N–H and O–H groups in total. The molecule has 1 saturated heterocycles. The third-order valence-corrected chi connectivity index (χ3v) is 8.22. The van der Waals surface area contributed by atoms with Crippen molar-refractivity contribution in [2.75, 3.05) is 12.3 Å². The molecule has 0 bridgehead atoms. The highest BCUT2D eigenvalue weighted by Gasteiger charge is 2.46. The van der Waals surface area contributed by atoms with Gasteiger partial charge in [0, 0.05) is 0 Å². The van der Waals surface area contributed by atoms with Crippen LogP contribution in [0.25, 0.3) is 11.2 Å². The lowest BCUT2D eigenvalue weighted by molar-refractivity contribution is -0.0503. The molecular weight excluding hydrogens is 507 g/mol. The van der Waals surface area contributed by atoms with Crippen molar-refractivity contribution in [3.05, 3.63) is 12.7 Å². The normalized spacial score (nSPS) is 28.5. The number of fused-ring (bicyclic) bond motifs is 1. The van der Waals surface area contributed by atoms with E-state index in [0.717, 1.165) is 6.33 Å². The van der Waals surface area contributed by atoms with Gasteiger partial charge in [0.1, 0.15) is 30.2 Å². The molecular formula is C10H16N5O12P3S. The number of phosphoric ester groups is 1. The highest BCUT2D eigenvalue weighted by atomic mass is 32.5. The van der Waals surface area contributed by atoms with Crippen LogP contribution in [0, 0.1) is 0 Å². The highest BCUT2D eigenvalue weighted by molar-refractivity contribution is 8.08. The summed E-state index contributed by atoms with van der Waals surface area (Å²) in [6, 6.07) is 0. The number of ether oxygens (including phenoxy) is 1. The summed E-state index contributed by atoms with van der Waals surface area (Å²) in [6.07, 6.45) is -3.53. The fraction of sp³-hybridized carbons (Fsp3) is 0.500. The van der Waals surface area contributed by atoms with Crippen LogP contribution < -0.4 is 5.73 Å². The molecule has 0 saturated carbocycles. The van der Waals surface area contributed by atoms with Gasteiger partial charge >= 0.3 is 22.4 Å². The summed E-state index contributed by atoms with van der Waals surface area (Å²) in [5, 5.41) is 20.5. The van der Waals surface area contributed by atoms with Gasteiger partial charge in [-0.2, -0.15) is 4.31 Å². The molecule has 17 nitrogen and oxygen atoms in total. The molecule has 31 heavy (non-hydrogen) atoms. The van der Waals surface area contributed by atoms with Crippen molar-refractivity contribution in [2.24, 2.45) is 0 Å². The van der Waals surface area contributed by atoms with Crippen LogP contribution in [0.15, 0.2) is 12.7 Å². The molecule has 2 aromatic heterocycles. The molecule has 2 aromatic rings. The Kier molecular flexibility index (Phi) is 6.99. The van der Waals surface area contributed by atoms with Crippen molar-refractivity contribution in [1.82, 2.24) is 19.5 Å². The molecule has 3 heterocycles. The van der Waals surface area contributed by atoms with Crippen molar-refractivity contribution in [3.8, 4) is 0 Å². The SMILES string of the molecule is Nc1ncnc2c1ncn2[C@@H]1O[C@H](COP(=O)(O)OP(=O)(O)OP(O)(O)=S)[C@@H](O)C1O. The number of nitrogens with zero attached hydrogens (tertiary/aromatic N) is 4. The minimum absolute atomic E-state index is 0.0574. The minimum atomic E-state index is -5.49. The Morgan fingerprint density at radius 1 is 1.10 bits per heavy atom. The first-order valence-electron chi connectivity index (χ1n) is 7.92. The Bertz CT molecular complexity index is 1110. The third kappa shape index (κ3) is 5.90. The maximum Gasteiger partial charge on any atom is 0.488 e. The van der Waals surface area contributed by atoms with E-state index in [1.807, 2.05) is 0 Å². The van der Waals surface area contributed by atoms with Crippen molar-refractivity contribution >= 4 is 51.2 Å². The van der Waals surface area contributed by atoms with Crippen molar-refractivity contribution in [3.63, 3.8) is 0 Å². The Labute approximate surface area is 177 Å². The molecule has 0 amide bonds. The molecule has 1 aliphatic heterocycles. The smallest absolute Gasteiger partial charge is 0.387 e. The first-order valence-corrected chi connectivity index (χ1v) is 13.5. The van der Waals surface area contributed by atoms with Crippen LogP contribution in [-0.4, -0.2) is 74.2 Å². The second-order valence-corrected chi connectivity index (χ2v) is 11.9. The van der Waals surface area contributed by atoms with Crippen molar-refractivity contribution in [1.29, 1.82) is 0 Å². The van der Waals surface area contributed by atoms with E-state index >= 15 is 0 Å². The van der Waals surface area contributed by atoms with E-state index in [2.05, 4.69) is 39.9 Å². The number of hydrogen-bond acceptors (Lipinski definition) is 13. The molecule has 3 unspecified atom stereocenters. The van der Waals surface area contributed by atoms with Crippen molar-refractivity contribution < 1.29 is 56.8 Å². The topological polar surface area (TPSA) is 262 Å². The fourth-order valence-corrected chi connectivity index (χ4v) is 6.41. The van der Waals surface area contributed by atoms with Gasteiger partial charge in [0.15, 0.2) is 17.7 Å². The van der Waals surface area contributed by atoms with Gasteiger partial charge in [-0.3, -0.25) is 9.09 Å². The lowest BCUT2D eigenvalue weighted by Crippen LogP contribution is -2.33. The van der Waals surface area contributed by atoms with E-state index in [1.54, 1.807) is 0 Å². The van der Waals surface area contributed by atoms with Crippen LogP contribution in [-0.2, 0) is 38.8 Å². The number of aromatic nitrogens is 4. The summed E-state index contributed by atoms with van der Waals surface area (Å²) in [5.41, 5.74) is 6.05. The number of aliphatic hydroxyl groups excluding tert-OH is 2. The number of nitrogens with two attached hydrogens (primary N) is 1. The Hall–Kier alpha value is -0.940. The van der Waals surface area contributed by atoms with Crippen LogP contribution in [0.1, 0.15) is 6.23 Å². The van der Waals surface area contributed by atoms with Gasteiger partial charge in [-0.05, 0) is 11.8 Å². The minimum Gasteiger partial charge on any atom is -0.387 e. The molecule has 6 atom stereocenters. The second-order valence-electron chi connectivity index (χ2n) is 6.02. The van der Waals surface area contributed by atoms with Gasteiger partial charge in [-0.1, -0.05) is 0 Å². The van der Waals surface area contributed by atoms with E-state index in [-0.39, 0.29) is 17.0 Å². The average Bonchev–Trinajstić information content (AvgIpc) is 3.13. The fourth-order valence-electron chi connectivity index (χ4n) is 2.62. The maximum atomic E-state index is 11.9. The second kappa shape index (κ2) is 8.78. The monoisotopic (exact) mass is 523 g/mol. The van der Waals surface area contributed by atoms with Crippen LogP contribution in [0.5, 0.6) is 0 Å². The standard InChI is InChI=1S/C10H16N5O12P3S/c11-8-5-9(13-2-12-8)15(3-14-5)10-7(17)6(16)4(25-10)1-24-28(18,19)26-29(20,21)27-30(22,23)31/h2-4,6-7,10,16-17H,1H2,(H,18,19)(H,20,21)(H2,11,12,13)(H2,22,23,31)/t4-,6-,7?,10-/m1/s1. The van der Waals surface area contributed by atoms with Crippen LogP contribution in [0.3, 0.4) is 0 Å². The average molecular weight is 523 g/mol. The lowest BCUT2D eigenvalue weighted by Gasteiger charge is -2.19. The van der Waals surface area contributed by atoms with Crippen LogP contribution >= 0.6 is 22.4 Å². The number of nitrogen functional groups attached to an aromatic ring is 1. The van der Waals surface area contributed by atoms with Gasteiger partial charge < -0.3 is 40.3 Å². The molecule has 0 radical (unpaired) electrons. The Morgan fingerprint density at radius 3 is 2.42 bits per heavy atom. The summed E-state index contributed by atoms with van der Waals surface area (Å²) in [7, 11) is -10.8. The Balaban J connectivity index is 1.69. The van der Waals surface area contributed by atoms with Crippen LogP contribution in [0.4, 0.5) is 5.82 Å². The molecule has 174 valence electrons. The number of imidazole rings is 1. The van der Waals surface area contributed by atoms with E-state index in [4.69, 9.17) is 20.3 Å². The molecule has 1 fully saturated rings. The van der Waals surface area contributed by atoms with Gasteiger partial charge in [0.05, 0.1) is 12.9 Å². The highest BCUT2D eigenvalue weighted by Crippen LogP contribution is 2.66. The zero-order valence-corrected chi connectivity index (χ0v) is 18.4. The summed E-state index contributed by atoms with van der Waals surface area (Å²) in [6.45, 7) is -5.61. The molecule has 0 aliphatic carbocycles. The summed E-state index contributed by atoms with van der Waals surface area (Å²) in [5.74, 6) is 0.0574. The number of anilines is 1. The van der Waals surface area contributed by atoms with E-state index in [9.17, 15) is 29.1 Å². The largest absolute Gasteiger partial charge is 0.488 e. The Morgan fingerprint density at radius 2 is 1.77 bits per heavy atom. The molecule has 0 aromatic carbocycles. The third-order valence-electron chi connectivity index (χ3n) is 3.82. The molecule has 3 rings (SSSR count). The zero-order valence-electron chi connectivity index (χ0n) is 14.9. The molecule has 1 aliphatic rings. The number of phosphoric acid groups is 2. The quantitative estimate of drug-likeness (QED) is 0.194. The summed E-state index contributed by atoms with van der Waals surface area (Å²) >= 11 is 3.97. The van der Waals surface area contributed by atoms with Gasteiger partial charge in [0.25, 0.3) is 0 Å². The van der Waals surface area contributed by atoms with E-state index in [0.29, 0.717) is 0 Å². The van der Waals surface area contributed by atoms with Crippen LogP contribution in [0.2, 0.25) is 0 Å². The van der Waals surface area contributed by atoms with E-state index in [1.165, 1.54) is 10.9 Å². The van der Waals surface area contributed by atoms with Gasteiger partial charge in [-0.15, -0.1) is 0 Å². The molecule has 0 spiro atoms. The first-order chi connectivity index (χ1) is 14.2. The zero-order chi connectivity index (χ0) is 23.2. The van der Waals surface area contributed by atoms with E-state index < -0.39 is 53.5 Å². The number of aliphatic hydroxyl groups is 2. The maximum absolute atomic E-state index is 11.9.